The summed E-state index contributed by atoms with van der Waals surface area (Å²) in [5, 5.41) is 11.7. The minimum atomic E-state index is -1.23. The zero-order valence-electron chi connectivity index (χ0n) is 21.1. The van der Waals surface area contributed by atoms with Crippen LogP contribution in [0.5, 0.6) is 0 Å². The molecule has 0 radical (unpaired) electrons. The summed E-state index contributed by atoms with van der Waals surface area (Å²) < 4.78 is 16.6. The minimum Gasteiger partial charge on any atom is -0.458 e. The lowest BCUT2D eigenvalue weighted by molar-refractivity contribution is -0.223. The molecule has 4 aliphatic carbocycles. The van der Waals surface area contributed by atoms with Gasteiger partial charge in [0.1, 0.15) is 12.4 Å². The van der Waals surface area contributed by atoms with Crippen LogP contribution in [0.4, 0.5) is 0 Å². The van der Waals surface area contributed by atoms with Crippen molar-refractivity contribution in [2.24, 2.45) is 40.4 Å². The summed E-state index contributed by atoms with van der Waals surface area (Å²) in [5.41, 5.74) is -1.19. The number of carbonyl (C=O) groups is 3. The maximum absolute atomic E-state index is 13.7. The van der Waals surface area contributed by atoms with Crippen LogP contribution in [0.2, 0.25) is 0 Å². The van der Waals surface area contributed by atoms with Gasteiger partial charge in [-0.25, -0.2) is 0 Å². The van der Waals surface area contributed by atoms with E-state index in [1.54, 1.807) is 12.2 Å². The smallest absolute Gasteiger partial charge is 0.303 e. The summed E-state index contributed by atoms with van der Waals surface area (Å²) >= 11 is 0. The van der Waals surface area contributed by atoms with Crippen molar-refractivity contribution < 1.29 is 33.7 Å². The number of allylic oxidation sites excluding steroid dienone is 4. The highest BCUT2D eigenvalue weighted by Crippen LogP contribution is 2.69. The zero-order valence-corrected chi connectivity index (χ0v) is 21.1. The van der Waals surface area contributed by atoms with Crippen LogP contribution in [-0.2, 0) is 28.6 Å². The van der Waals surface area contributed by atoms with Crippen LogP contribution in [0.15, 0.2) is 23.8 Å². The third-order valence-corrected chi connectivity index (χ3v) is 9.58. The molecular weight excluding hydrogens is 436 g/mol. The lowest BCUT2D eigenvalue weighted by Crippen LogP contribution is -2.64. The molecule has 7 heteroatoms. The predicted molar refractivity (Wildman–Crippen MR) is 124 cm³/mol. The molecule has 4 aliphatic rings. The molecule has 0 saturated heterocycles. The van der Waals surface area contributed by atoms with E-state index in [-0.39, 0.29) is 54.6 Å². The highest BCUT2D eigenvalue weighted by molar-refractivity contribution is 6.01. The predicted octanol–water partition coefficient (Wildman–Crippen LogP) is 3.25. The van der Waals surface area contributed by atoms with Gasteiger partial charge in [-0.2, -0.15) is 0 Å². The van der Waals surface area contributed by atoms with Gasteiger partial charge in [0, 0.05) is 30.8 Å². The molecule has 4 rings (SSSR count). The topological polar surface area (TPSA) is 99.1 Å². The van der Waals surface area contributed by atoms with E-state index in [0.29, 0.717) is 6.42 Å². The van der Waals surface area contributed by atoms with Crippen molar-refractivity contribution in [3.8, 4) is 0 Å². The molecule has 34 heavy (non-hydrogen) atoms. The highest BCUT2D eigenvalue weighted by atomic mass is 16.7. The molecule has 0 aromatic heterocycles. The Morgan fingerprint density at radius 1 is 1.21 bits per heavy atom. The summed E-state index contributed by atoms with van der Waals surface area (Å²) in [6.07, 6.45) is 6.70. The van der Waals surface area contributed by atoms with Crippen molar-refractivity contribution >= 4 is 17.5 Å². The van der Waals surface area contributed by atoms with Gasteiger partial charge in [-0.1, -0.05) is 39.3 Å². The molecule has 0 aromatic rings. The largest absolute Gasteiger partial charge is 0.458 e. The number of ketones is 2. The Balaban J connectivity index is 1.78. The Labute approximate surface area is 201 Å². The second kappa shape index (κ2) is 8.68. The van der Waals surface area contributed by atoms with Crippen LogP contribution >= 0.6 is 0 Å². The standard InChI is InChI=1S/C27H38O7/c1-15-9-19-21-10-16(2)27(34-14-32-6,23(31)13-33-17(3)28)26(21,5)12-22(30)24(19)25(4)8-7-18(29)11-20(15)25/h7-8,11,15-16,19,21-22,24,30H,9-10,12-14H2,1-6H3/t15?,16?,19-,21-,22?,24+,25-,26-,27-/m0/s1. The van der Waals surface area contributed by atoms with Crippen LogP contribution in [0, 0.1) is 40.4 Å². The van der Waals surface area contributed by atoms with Gasteiger partial charge in [0.15, 0.2) is 12.4 Å². The summed E-state index contributed by atoms with van der Waals surface area (Å²) in [7, 11) is 1.52. The number of hydrogen-bond donors (Lipinski definition) is 1. The average molecular weight is 475 g/mol. The van der Waals surface area contributed by atoms with Crippen LogP contribution in [-0.4, -0.2) is 54.9 Å². The number of fused-ring (bicyclic) bond motifs is 5. The van der Waals surface area contributed by atoms with Crippen molar-refractivity contribution in [3.05, 3.63) is 23.8 Å². The number of aliphatic hydroxyl groups excluding tert-OH is 1. The Morgan fingerprint density at radius 3 is 2.56 bits per heavy atom. The molecule has 0 spiro atoms. The van der Waals surface area contributed by atoms with E-state index in [4.69, 9.17) is 14.2 Å². The monoisotopic (exact) mass is 474 g/mol. The third-order valence-electron chi connectivity index (χ3n) is 9.58. The number of aliphatic hydroxyl groups is 1. The van der Waals surface area contributed by atoms with Gasteiger partial charge in [0.05, 0.1) is 6.10 Å². The van der Waals surface area contributed by atoms with E-state index in [1.165, 1.54) is 14.0 Å². The van der Waals surface area contributed by atoms with Crippen molar-refractivity contribution in [2.75, 3.05) is 20.5 Å². The van der Waals surface area contributed by atoms with Crippen LogP contribution in [0.25, 0.3) is 0 Å². The molecular formula is C27H38O7. The van der Waals surface area contributed by atoms with Crippen molar-refractivity contribution in [2.45, 2.75) is 65.6 Å². The van der Waals surface area contributed by atoms with Crippen molar-refractivity contribution in [1.82, 2.24) is 0 Å². The zero-order chi connectivity index (χ0) is 25.1. The summed E-state index contributed by atoms with van der Waals surface area (Å²) in [6.45, 7) is 9.23. The first kappa shape index (κ1) is 25.3. The minimum absolute atomic E-state index is 0.00505. The van der Waals surface area contributed by atoms with Crippen molar-refractivity contribution in [3.63, 3.8) is 0 Å². The highest BCUT2D eigenvalue weighted by Gasteiger charge is 2.72. The molecule has 0 heterocycles. The van der Waals surface area contributed by atoms with E-state index in [1.807, 2.05) is 13.0 Å². The Hall–Kier alpha value is -1.83. The first-order valence-electron chi connectivity index (χ1n) is 12.3. The van der Waals surface area contributed by atoms with Gasteiger partial charge in [-0.05, 0) is 55.1 Å². The molecule has 9 atom stereocenters. The number of rotatable bonds is 6. The molecule has 3 saturated carbocycles. The first-order valence-corrected chi connectivity index (χ1v) is 12.3. The maximum Gasteiger partial charge on any atom is 0.303 e. The second-order valence-electron chi connectivity index (χ2n) is 11.4. The molecule has 188 valence electrons. The Bertz CT molecular complexity index is 937. The molecule has 0 aromatic carbocycles. The Kier molecular flexibility index (Phi) is 6.45. The molecule has 0 bridgehead atoms. The molecule has 0 aliphatic heterocycles. The van der Waals surface area contributed by atoms with Crippen LogP contribution in [0.3, 0.4) is 0 Å². The van der Waals surface area contributed by atoms with Crippen LogP contribution in [0.1, 0.15) is 53.9 Å². The lowest BCUT2D eigenvalue weighted by atomic mass is 9.44. The summed E-state index contributed by atoms with van der Waals surface area (Å²) in [4.78, 5) is 37.4. The normalized spacial score (nSPS) is 45.1. The van der Waals surface area contributed by atoms with Crippen molar-refractivity contribution in [1.29, 1.82) is 0 Å². The number of hydrogen-bond acceptors (Lipinski definition) is 7. The van der Waals surface area contributed by atoms with E-state index in [2.05, 4.69) is 20.8 Å². The number of carbonyl (C=O) groups excluding carboxylic acids is 3. The SMILES string of the molecule is COCO[C@]1(C(=O)COC(C)=O)C(C)C[C@H]2[C@@H]3CC(C)C4=CC(=O)C=C[C@]4(C)[C@H]3C(O)C[C@@]21C. The van der Waals surface area contributed by atoms with E-state index in [9.17, 15) is 19.5 Å². The number of methoxy groups -OCH3 is 1. The molecule has 1 N–H and O–H groups in total. The third kappa shape index (κ3) is 3.46. The number of ether oxygens (including phenoxy) is 3. The molecule has 0 amide bonds. The van der Waals surface area contributed by atoms with Crippen LogP contribution < -0.4 is 0 Å². The van der Waals surface area contributed by atoms with Gasteiger partial charge in [-0.3, -0.25) is 14.4 Å². The number of esters is 1. The van der Waals surface area contributed by atoms with E-state index in [0.717, 1.165) is 18.4 Å². The van der Waals surface area contributed by atoms with Gasteiger partial charge < -0.3 is 19.3 Å². The first-order chi connectivity index (χ1) is 15.9. The Morgan fingerprint density at radius 2 is 1.91 bits per heavy atom. The fourth-order valence-corrected chi connectivity index (χ4v) is 8.48. The van der Waals surface area contributed by atoms with Gasteiger partial charge in [-0.15, -0.1) is 0 Å². The molecule has 7 nitrogen and oxygen atoms in total. The lowest BCUT2D eigenvalue weighted by Gasteiger charge is -2.61. The average Bonchev–Trinajstić information content (AvgIpc) is 2.98. The van der Waals surface area contributed by atoms with Gasteiger partial charge in [0.25, 0.3) is 0 Å². The fourth-order valence-electron chi connectivity index (χ4n) is 8.48. The molecule has 3 fully saturated rings. The second-order valence-corrected chi connectivity index (χ2v) is 11.4. The number of Topliss-reactive ketones (excluding diaryl/α,β-unsaturated/α-hetero) is 1. The quantitative estimate of drug-likeness (QED) is 0.466. The fraction of sp³-hybridized carbons (Fsp3) is 0.741. The maximum atomic E-state index is 13.7. The van der Waals surface area contributed by atoms with Gasteiger partial charge >= 0.3 is 5.97 Å². The summed E-state index contributed by atoms with van der Waals surface area (Å²) in [5.74, 6) is -0.509. The molecule has 3 unspecified atom stereocenters. The van der Waals surface area contributed by atoms with Gasteiger partial charge in [0.2, 0.25) is 5.78 Å². The van der Waals surface area contributed by atoms with E-state index < -0.39 is 28.5 Å². The summed E-state index contributed by atoms with van der Waals surface area (Å²) in [6, 6.07) is 0. The van der Waals surface area contributed by atoms with E-state index >= 15 is 0 Å².